The highest BCUT2D eigenvalue weighted by atomic mass is 16.3. The molecule has 2 N–H and O–H groups in total. The Kier molecular flexibility index (Phi) is 3.46. The van der Waals surface area contributed by atoms with Crippen LogP contribution in [0, 0.1) is 6.92 Å². The largest absolute Gasteiger partial charge is 0.382 e. The van der Waals surface area contributed by atoms with Gasteiger partial charge in [0.1, 0.15) is 6.10 Å². The molecule has 0 fully saturated rings. The fraction of sp³-hybridized carbons (Fsp3) is 0.118. The Morgan fingerprint density at radius 2 is 1.57 bits per heavy atom. The van der Waals surface area contributed by atoms with Gasteiger partial charge in [0.25, 0.3) is 0 Å². The van der Waals surface area contributed by atoms with E-state index in [0.29, 0.717) is 11.4 Å². The van der Waals surface area contributed by atoms with E-state index in [1.165, 1.54) is 0 Å². The maximum absolute atomic E-state index is 12.2. The van der Waals surface area contributed by atoms with E-state index in [9.17, 15) is 9.90 Å². The molecule has 106 valence electrons. The lowest BCUT2D eigenvalue weighted by molar-refractivity contribution is 0.215. The zero-order valence-electron chi connectivity index (χ0n) is 11.7. The average Bonchev–Trinajstić information content (AvgIpc) is 2.83. The van der Waals surface area contributed by atoms with E-state index in [0.717, 1.165) is 11.3 Å². The van der Waals surface area contributed by atoms with Crippen molar-refractivity contribution >= 4 is 0 Å². The smallest absolute Gasteiger partial charge is 0.330 e. The Labute approximate surface area is 122 Å². The van der Waals surface area contributed by atoms with Crippen LogP contribution in [0.2, 0.25) is 0 Å². The van der Waals surface area contributed by atoms with E-state index in [4.69, 9.17) is 0 Å². The molecule has 0 bridgehead atoms. The van der Waals surface area contributed by atoms with Crippen LogP contribution in [0.4, 0.5) is 0 Å². The molecule has 0 amide bonds. The first-order valence-corrected chi connectivity index (χ1v) is 6.78. The predicted molar refractivity (Wildman–Crippen MR) is 81.6 cm³/mol. The van der Waals surface area contributed by atoms with Gasteiger partial charge in [0.2, 0.25) is 0 Å². The third-order valence-corrected chi connectivity index (χ3v) is 3.57. The van der Waals surface area contributed by atoms with Crippen LogP contribution in [0.1, 0.15) is 23.1 Å². The van der Waals surface area contributed by atoms with Crippen LogP contribution in [0.25, 0.3) is 5.69 Å². The Morgan fingerprint density at radius 1 is 1.00 bits per heavy atom. The maximum Gasteiger partial charge on any atom is 0.330 e. The van der Waals surface area contributed by atoms with Gasteiger partial charge in [0, 0.05) is 5.69 Å². The number of para-hydroxylation sites is 1. The van der Waals surface area contributed by atoms with Gasteiger partial charge in [-0.25, -0.2) is 4.79 Å². The number of H-pyrrole nitrogens is 1. The summed E-state index contributed by atoms with van der Waals surface area (Å²) < 4.78 is 1.57. The SMILES string of the molecule is Cc1c(C(O)c2ccccc2)[nH]c(=O)n1-c1ccccc1. The molecule has 0 aliphatic rings. The van der Waals surface area contributed by atoms with Crippen molar-refractivity contribution in [3.8, 4) is 5.69 Å². The number of benzene rings is 2. The Morgan fingerprint density at radius 3 is 2.19 bits per heavy atom. The molecule has 4 heteroatoms. The summed E-state index contributed by atoms with van der Waals surface area (Å²) in [6.45, 7) is 1.83. The molecule has 0 aliphatic heterocycles. The number of hydrogen-bond acceptors (Lipinski definition) is 2. The van der Waals surface area contributed by atoms with E-state index < -0.39 is 6.10 Å². The van der Waals surface area contributed by atoms with Gasteiger partial charge in [-0.1, -0.05) is 48.5 Å². The molecule has 1 heterocycles. The molecule has 0 saturated carbocycles. The fourth-order valence-electron chi connectivity index (χ4n) is 2.49. The normalized spacial score (nSPS) is 12.3. The minimum atomic E-state index is -0.844. The summed E-state index contributed by atoms with van der Waals surface area (Å²) >= 11 is 0. The van der Waals surface area contributed by atoms with Crippen molar-refractivity contribution in [3.05, 3.63) is 88.1 Å². The van der Waals surface area contributed by atoms with E-state index in [1.807, 2.05) is 67.6 Å². The molecule has 0 saturated heterocycles. The second-order valence-corrected chi connectivity index (χ2v) is 4.91. The second kappa shape index (κ2) is 5.42. The Balaban J connectivity index is 2.09. The first-order valence-electron chi connectivity index (χ1n) is 6.78. The third kappa shape index (κ3) is 2.41. The van der Waals surface area contributed by atoms with E-state index in [1.54, 1.807) is 4.57 Å². The van der Waals surface area contributed by atoms with Crippen molar-refractivity contribution in [3.63, 3.8) is 0 Å². The summed E-state index contributed by atoms with van der Waals surface area (Å²) in [7, 11) is 0. The highest BCUT2D eigenvalue weighted by molar-refractivity contribution is 5.37. The Hall–Kier alpha value is -2.59. The number of hydrogen-bond donors (Lipinski definition) is 2. The first-order chi connectivity index (χ1) is 10.2. The molecule has 3 rings (SSSR count). The molecular formula is C17H16N2O2. The fourth-order valence-corrected chi connectivity index (χ4v) is 2.49. The molecule has 1 aromatic heterocycles. The van der Waals surface area contributed by atoms with E-state index >= 15 is 0 Å². The standard InChI is InChI=1S/C17H16N2O2/c1-12-15(16(20)13-8-4-2-5-9-13)18-17(21)19(12)14-10-6-3-7-11-14/h2-11,16,20H,1H3,(H,18,21). The van der Waals surface area contributed by atoms with Crippen LogP contribution in [0.15, 0.2) is 65.5 Å². The summed E-state index contributed by atoms with van der Waals surface area (Å²) in [6, 6.07) is 18.7. The van der Waals surface area contributed by atoms with Crippen LogP contribution in [0.3, 0.4) is 0 Å². The molecule has 2 aromatic carbocycles. The quantitative estimate of drug-likeness (QED) is 0.774. The van der Waals surface area contributed by atoms with Gasteiger partial charge < -0.3 is 10.1 Å². The lowest BCUT2D eigenvalue weighted by Crippen LogP contribution is -2.15. The van der Waals surface area contributed by atoms with Crippen molar-refractivity contribution in [1.29, 1.82) is 0 Å². The number of aromatic amines is 1. The third-order valence-electron chi connectivity index (χ3n) is 3.57. The van der Waals surface area contributed by atoms with Crippen molar-refractivity contribution in [2.45, 2.75) is 13.0 Å². The zero-order chi connectivity index (χ0) is 14.8. The predicted octanol–water partition coefficient (Wildman–Crippen LogP) is 2.56. The van der Waals surface area contributed by atoms with E-state index in [2.05, 4.69) is 4.98 Å². The van der Waals surface area contributed by atoms with Crippen molar-refractivity contribution in [2.75, 3.05) is 0 Å². The van der Waals surface area contributed by atoms with Crippen LogP contribution < -0.4 is 5.69 Å². The summed E-state index contributed by atoms with van der Waals surface area (Å²) in [5, 5.41) is 10.5. The highest BCUT2D eigenvalue weighted by Gasteiger charge is 2.19. The lowest BCUT2D eigenvalue weighted by Gasteiger charge is -2.11. The molecule has 1 unspecified atom stereocenters. The molecule has 0 aliphatic carbocycles. The minimum Gasteiger partial charge on any atom is -0.382 e. The van der Waals surface area contributed by atoms with Gasteiger partial charge in [-0.2, -0.15) is 0 Å². The summed E-state index contributed by atoms with van der Waals surface area (Å²) in [5.74, 6) is 0. The molecule has 4 nitrogen and oxygen atoms in total. The maximum atomic E-state index is 12.2. The lowest BCUT2D eigenvalue weighted by atomic mass is 10.1. The molecule has 1 atom stereocenters. The van der Waals surface area contributed by atoms with E-state index in [-0.39, 0.29) is 5.69 Å². The number of nitrogens with one attached hydrogen (secondary N) is 1. The van der Waals surface area contributed by atoms with Crippen LogP contribution in [0.5, 0.6) is 0 Å². The number of nitrogens with zero attached hydrogens (tertiary/aromatic N) is 1. The average molecular weight is 280 g/mol. The van der Waals surface area contributed by atoms with Gasteiger partial charge in [-0.15, -0.1) is 0 Å². The number of aromatic nitrogens is 2. The van der Waals surface area contributed by atoms with Gasteiger partial charge in [-0.3, -0.25) is 4.57 Å². The zero-order valence-corrected chi connectivity index (χ0v) is 11.7. The number of aliphatic hydroxyl groups excluding tert-OH is 1. The van der Waals surface area contributed by atoms with Crippen molar-refractivity contribution < 1.29 is 5.11 Å². The molecule has 0 radical (unpaired) electrons. The minimum absolute atomic E-state index is 0.247. The summed E-state index contributed by atoms with van der Waals surface area (Å²) in [6.07, 6.45) is -0.844. The number of imidazole rings is 1. The number of rotatable bonds is 3. The van der Waals surface area contributed by atoms with Gasteiger partial charge >= 0.3 is 5.69 Å². The topological polar surface area (TPSA) is 58.0 Å². The van der Waals surface area contributed by atoms with Crippen LogP contribution >= 0.6 is 0 Å². The monoisotopic (exact) mass is 280 g/mol. The van der Waals surface area contributed by atoms with Gasteiger partial charge in [0.15, 0.2) is 0 Å². The molecule has 3 aromatic rings. The van der Waals surface area contributed by atoms with Crippen LogP contribution in [-0.4, -0.2) is 14.7 Å². The molecular weight excluding hydrogens is 264 g/mol. The molecule has 0 spiro atoms. The van der Waals surface area contributed by atoms with Gasteiger partial charge in [0.05, 0.1) is 11.4 Å². The van der Waals surface area contributed by atoms with Crippen molar-refractivity contribution in [2.24, 2.45) is 0 Å². The second-order valence-electron chi connectivity index (χ2n) is 4.91. The van der Waals surface area contributed by atoms with Crippen molar-refractivity contribution in [1.82, 2.24) is 9.55 Å². The Bertz CT molecular complexity index is 789. The summed E-state index contributed by atoms with van der Waals surface area (Å²) in [5.41, 5.74) is 2.52. The number of aliphatic hydroxyl groups is 1. The summed E-state index contributed by atoms with van der Waals surface area (Å²) in [4.78, 5) is 15.0. The highest BCUT2D eigenvalue weighted by Crippen LogP contribution is 2.23. The van der Waals surface area contributed by atoms with Gasteiger partial charge in [-0.05, 0) is 24.6 Å². The first kappa shape index (κ1) is 13.4. The molecule has 21 heavy (non-hydrogen) atoms. The van der Waals surface area contributed by atoms with Crippen LogP contribution in [-0.2, 0) is 0 Å².